The molecule has 190 valence electrons. The average molecular weight is 499 g/mol. The number of aryl methyl sites for hydroxylation is 1. The maximum Gasteiger partial charge on any atom is 0.417 e. The predicted molar refractivity (Wildman–Crippen MR) is 129 cm³/mol. The molecule has 2 amide bonds. The number of carbonyl (C=O) groups is 2. The van der Waals surface area contributed by atoms with Crippen molar-refractivity contribution in [1.82, 2.24) is 4.90 Å². The summed E-state index contributed by atoms with van der Waals surface area (Å²) in [6.45, 7) is 1.83. The zero-order chi connectivity index (χ0) is 25.9. The molecular formula is C27H29F3N4O2. The maximum absolute atomic E-state index is 13.5. The van der Waals surface area contributed by atoms with Crippen LogP contribution in [0, 0.1) is 29.1 Å². The van der Waals surface area contributed by atoms with Crippen LogP contribution in [0.4, 0.5) is 18.9 Å². The van der Waals surface area contributed by atoms with Crippen LogP contribution >= 0.6 is 0 Å². The van der Waals surface area contributed by atoms with Crippen LogP contribution in [-0.4, -0.2) is 42.9 Å². The molecule has 2 aromatic carbocycles. The second-order valence-electron chi connectivity index (χ2n) is 9.62. The smallest absolute Gasteiger partial charge is 0.370 e. The Bertz CT molecular complexity index is 1140. The number of hydrogen-bond acceptors (Lipinski definition) is 4. The van der Waals surface area contributed by atoms with E-state index in [9.17, 15) is 22.8 Å². The van der Waals surface area contributed by atoms with Gasteiger partial charge in [0.25, 0.3) is 0 Å². The normalized spacial score (nSPS) is 20.8. The molecule has 2 aromatic rings. The van der Waals surface area contributed by atoms with Gasteiger partial charge in [0, 0.05) is 38.3 Å². The van der Waals surface area contributed by atoms with Crippen molar-refractivity contribution in [3.8, 4) is 6.07 Å². The molecule has 2 fully saturated rings. The molecule has 36 heavy (non-hydrogen) atoms. The van der Waals surface area contributed by atoms with Gasteiger partial charge in [-0.15, -0.1) is 0 Å². The molecule has 2 atom stereocenters. The van der Waals surface area contributed by atoms with Crippen LogP contribution < -0.4 is 10.6 Å². The molecular weight excluding hydrogens is 469 g/mol. The van der Waals surface area contributed by atoms with Crippen molar-refractivity contribution in [2.24, 2.45) is 23.5 Å². The number of nitriles is 1. The van der Waals surface area contributed by atoms with E-state index in [2.05, 4.69) is 0 Å². The van der Waals surface area contributed by atoms with Crippen LogP contribution in [0.25, 0.3) is 0 Å². The van der Waals surface area contributed by atoms with Crippen LogP contribution in [-0.2, 0) is 22.2 Å². The molecule has 0 radical (unpaired) electrons. The van der Waals surface area contributed by atoms with E-state index in [-0.39, 0.29) is 24.3 Å². The number of piperidine rings is 1. The van der Waals surface area contributed by atoms with E-state index in [0.29, 0.717) is 38.2 Å². The number of hydrogen-bond donors (Lipinski definition) is 1. The van der Waals surface area contributed by atoms with Gasteiger partial charge in [0.2, 0.25) is 11.8 Å². The first-order valence-electron chi connectivity index (χ1n) is 12.1. The number of rotatable bonds is 6. The van der Waals surface area contributed by atoms with E-state index in [1.165, 1.54) is 12.1 Å². The topological polar surface area (TPSA) is 90.4 Å². The van der Waals surface area contributed by atoms with Crippen molar-refractivity contribution >= 4 is 17.5 Å². The third kappa shape index (κ3) is 5.64. The second kappa shape index (κ2) is 10.6. The third-order valence-electron chi connectivity index (χ3n) is 7.49. The SMILES string of the molecule is N#Cc1ccc(N2C[C@@H](C(N)=O)[C@H](C3CCN(C(=O)CCc4ccccc4)CC3)C2)cc1C(F)(F)F. The van der Waals surface area contributed by atoms with Crippen molar-refractivity contribution < 1.29 is 22.8 Å². The van der Waals surface area contributed by atoms with Gasteiger partial charge < -0.3 is 15.5 Å². The lowest BCUT2D eigenvalue weighted by Gasteiger charge is -2.36. The molecule has 2 N–H and O–H groups in total. The number of halogens is 3. The lowest BCUT2D eigenvalue weighted by atomic mass is 9.78. The van der Waals surface area contributed by atoms with Crippen LogP contribution in [0.1, 0.15) is 36.0 Å². The van der Waals surface area contributed by atoms with Gasteiger partial charge in [0.05, 0.1) is 23.1 Å². The van der Waals surface area contributed by atoms with Crippen LogP contribution in [0.2, 0.25) is 0 Å². The largest absolute Gasteiger partial charge is 0.417 e. The highest BCUT2D eigenvalue weighted by Gasteiger charge is 2.43. The van der Waals surface area contributed by atoms with Gasteiger partial charge in [-0.05, 0) is 54.9 Å². The molecule has 0 bridgehead atoms. The van der Waals surface area contributed by atoms with E-state index < -0.39 is 29.1 Å². The Balaban J connectivity index is 1.40. The number of primary amides is 1. The van der Waals surface area contributed by atoms with E-state index in [1.54, 1.807) is 11.0 Å². The minimum Gasteiger partial charge on any atom is -0.370 e. The number of likely N-dealkylation sites (tertiary alicyclic amines) is 1. The molecule has 0 aliphatic carbocycles. The Hall–Kier alpha value is -3.54. The first-order valence-corrected chi connectivity index (χ1v) is 12.1. The van der Waals surface area contributed by atoms with E-state index in [0.717, 1.165) is 24.5 Å². The van der Waals surface area contributed by atoms with E-state index >= 15 is 0 Å². The highest BCUT2D eigenvalue weighted by Crippen LogP contribution is 2.40. The summed E-state index contributed by atoms with van der Waals surface area (Å²) in [5.41, 5.74) is 5.72. The maximum atomic E-state index is 13.5. The van der Waals surface area contributed by atoms with Crippen LogP contribution in [0.15, 0.2) is 48.5 Å². The van der Waals surface area contributed by atoms with Gasteiger partial charge in [-0.3, -0.25) is 9.59 Å². The quantitative estimate of drug-likeness (QED) is 0.652. The summed E-state index contributed by atoms with van der Waals surface area (Å²) >= 11 is 0. The fourth-order valence-electron chi connectivity index (χ4n) is 5.51. The zero-order valence-corrected chi connectivity index (χ0v) is 19.9. The molecule has 6 nitrogen and oxygen atoms in total. The standard InChI is InChI=1S/C27H29F3N4O2/c28-27(29,30)24-14-21(8-7-20(24)15-31)34-16-22(23(17-34)26(32)36)19-10-12-33(13-11-19)25(35)9-6-18-4-2-1-3-5-18/h1-5,7-8,14,19,22-23H,6,9-13,16-17H2,(H2,32,36)/t22-,23+/m0/s1. The zero-order valence-electron chi connectivity index (χ0n) is 19.9. The Kier molecular flexibility index (Phi) is 7.53. The minimum absolute atomic E-state index is 0.103. The van der Waals surface area contributed by atoms with Crippen molar-refractivity contribution in [3.63, 3.8) is 0 Å². The Labute approximate surface area is 208 Å². The summed E-state index contributed by atoms with van der Waals surface area (Å²) in [7, 11) is 0. The molecule has 0 unspecified atom stereocenters. The molecule has 2 saturated heterocycles. The summed E-state index contributed by atoms with van der Waals surface area (Å²) < 4.78 is 40.4. The number of amides is 2. The molecule has 0 saturated carbocycles. The van der Waals surface area contributed by atoms with Crippen molar-refractivity contribution in [2.45, 2.75) is 31.9 Å². The van der Waals surface area contributed by atoms with Gasteiger partial charge in [-0.2, -0.15) is 18.4 Å². The molecule has 2 aliphatic rings. The number of anilines is 1. The molecule has 0 aromatic heterocycles. The lowest BCUT2D eigenvalue weighted by Crippen LogP contribution is -2.42. The van der Waals surface area contributed by atoms with E-state index in [4.69, 9.17) is 11.0 Å². The number of alkyl halides is 3. The van der Waals surface area contributed by atoms with Crippen LogP contribution in [0.5, 0.6) is 0 Å². The summed E-state index contributed by atoms with van der Waals surface area (Å²) in [5, 5.41) is 9.06. The minimum atomic E-state index is -4.65. The fourth-order valence-corrected chi connectivity index (χ4v) is 5.51. The second-order valence-corrected chi connectivity index (χ2v) is 9.62. The fraction of sp³-hybridized carbons (Fsp3) is 0.444. The number of carbonyl (C=O) groups excluding carboxylic acids is 2. The molecule has 2 heterocycles. The first kappa shape index (κ1) is 25.5. The molecule has 0 spiro atoms. The van der Waals surface area contributed by atoms with Gasteiger partial charge >= 0.3 is 6.18 Å². The molecule has 9 heteroatoms. The molecule has 2 aliphatic heterocycles. The predicted octanol–water partition coefficient (Wildman–Crippen LogP) is 3.99. The number of nitrogens with two attached hydrogens (primary N) is 1. The summed E-state index contributed by atoms with van der Waals surface area (Å²) in [4.78, 5) is 28.6. The Morgan fingerprint density at radius 2 is 1.75 bits per heavy atom. The Morgan fingerprint density at radius 3 is 2.36 bits per heavy atom. The Morgan fingerprint density at radius 1 is 1.06 bits per heavy atom. The van der Waals surface area contributed by atoms with E-state index in [1.807, 2.05) is 35.2 Å². The van der Waals surface area contributed by atoms with Gasteiger partial charge in [-0.1, -0.05) is 30.3 Å². The van der Waals surface area contributed by atoms with Crippen molar-refractivity contribution in [1.29, 1.82) is 5.26 Å². The molecule has 4 rings (SSSR count). The summed E-state index contributed by atoms with van der Waals surface area (Å²) in [5.74, 6) is -0.803. The monoisotopic (exact) mass is 498 g/mol. The van der Waals surface area contributed by atoms with Crippen LogP contribution in [0.3, 0.4) is 0 Å². The third-order valence-corrected chi connectivity index (χ3v) is 7.49. The van der Waals surface area contributed by atoms with Crippen molar-refractivity contribution in [3.05, 3.63) is 65.2 Å². The number of nitrogens with zero attached hydrogens (tertiary/aromatic N) is 3. The van der Waals surface area contributed by atoms with Gasteiger partial charge in [0.1, 0.15) is 0 Å². The highest BCUT2D eigenvalue weighted by molar-refractivity contribution is 5.79. The van der Waals surface area contributed by atoms with Crippen molar-refractivity contribution in [2.75, 3.05) is 31.1 Å². The highest BCUT2D eigenvalue weighted by atomic mass is 19.4. The average Bonchev–Trinajstić information content (AvgIpc) is 3.33. The first-order chi connectivity index (χ1) is 17.2. The lowest BCUT2D eigenvalue weighted by molar-refractivity contribution is -0.137. The van der Waals surface area contributed by atoms with Gasteiger partial charge in [0.15, 0.2) is 0 Å². The number of benzene rings is 2. The van der Waals surface area contributed by atoms with Gasteiger partial charge in [-0.25, -0.2) is 0 Å². The summed E-state index contributed by atoms with van der Waals surface area (Å²) in [6, 6.07) is 15.1. The summed E-state index contributed by atoms with van der Waals surface area (Å²) in [6.07, 6.45) is -2.08.